The van der Waals surface area contributed by atoms with E-state index in [9.17, 15) is 14.4 Å². The van der Waals surface area contributed by atoms with Gasteiger partial charge in [-0.05, 0) is 55.7 Å². The number of anilines is 1. The Hall–Kier alpha value is -3.35. The van der Waals surface area contributed by atoms with E-state index in [2.05, 4.69) is 19.2 Å². The SMILES string of the molecule is CCOC(=O)c1cc(OCC(=O)Nc2ccc(C(C)C)cc2)cc(C(=O)OCC)c1. The van der Waals surface area contributed by atoms with Crippen LogP contribution in [0.15, 0.2) is 42.5 Å². The molecule has 1 amide bonds. The van der Waals surface area contributed by atoms with Crippen LogP contribution in [0.25, 0.3) is 0 Å². The van der Waals surface area contributed by atoms with Crippen LogP contribution in [0.2, 0.25) is 0 Å². The van der Waals surface area contributed by atoms with Crippen LogP contribution in [-0.4, -0.2) is 37.7 Å². The smallest absolute Gasteiger partial charge is 0.338 e. The first-order chi connectivity index (χ1) is 14.3. The topological polar surface area (TPSA) is 90.9 Å². The molecule has 2 aromatic carbocycles. The number of esters is 2. The van der Waals surface area contributed by atoms with E-state index in [4.69, 9.17) is 14.2 Å². The first-order valence-electron chi connectivity index (χ1n) is 9.86. The maximum Gasteiger partial charge on any atom is 0.338 e. The number of hydrogen-bond acceptors (Lipinski definition) is 6. The molecule has 1 N–H and O–H groups in total. The second-order valence-corrected chi connectivity index (χ2v) is 6.80. The van der Waals surface area contributed by atoms with Crippen LogP contribution in [0.3, 0.4) is 0 Å². The van der Waals surface area contributed by atoms with E-state index in [0.29, 0.717) is 11.6 Å². The molecule has 0 bridgehead atoms. The van der Waals surface area contributed by atoms with Gasteiger partial charge in [-0.1, -0.05) is 26.0 Å². The molecule has 0 spiro atoms. The fourth-order valence-corrected chi connectivity index (χ4v) is 2.64. The Balaban J connectivity index is 2.09. The van der Waals surface area contributed by atoms with Crippen LogP contribution in [-0.2, 0) is 14.3 Å². The van der Waals surface area contributed by atoms with Crippen molar-refractivity contribution in [2.45, 2.75) is 33.6 Å². The van der Waals surface area contributed by atoms with Gasteiger partial charge in [0.2, 0.25) is 0 Å². The molecule has 0 aliphatic carbocycles. The molecule has 0 atom stereocenters. The van der Waals surface area contributed by atoms with Gasteiger partial charge < -0.3 is 19.5 Å². The minimum Gasteiger partial charge on any atom is -0.484 e. The molecule has 2 aromatic rings. The molecular weight excluding hydrogens is 386 g/mol. The van der Waals surface area contributed by atoms with E-state index in [0.717, 1.165) is 0 Å². The lowest BCUT2D eigenvalue weighted by Gasteiger charge is -2.11. The summed E-state index contributed by atoms with van der Waals surface area (Å²) < 4.78 is 15.5. The Labute approximate surface area is 176 Å². The maximum absolute atomic E-state index is 12.2. The molecular formula is C23H27NO6. The Morgan fingerprint density at radius 3 is 1.87 bits per heavy atom. The van der Waals surface area contributed by atoms with Crippen molar-refractivity contribution >= 4 is 23.5 Å². The molecule has 7 heteroatoms. The Kier molecular flexibility index (Phi) is 8.41. The number of benzene rings is 2. The molecule has 0 saturated heterocycles. The summed E-state index contributed by atoms with van der Waals surface area (Å²) in [5, 5.41) is 2.75. The Bertz CT molecular complexity index is 853. The van der Waals surface area contributed by atoms with Gasteiger partial charge >= 0.3 is 11.9 Å². The molecule has 0 saturated carbocycles. The van der Waals surface area contributed by atoms with Crippen LogP contribution >= 0.6 is 0 Å². The summed E-state index contributed by atoms with van der Waals surface area (Å²) in [6.45, 7) is 7.64. The number of nitrogens with one attached hydrogen (secondary N) is 1. The molecule has 0 fully saturated rings. The van der Waals surface area contributed by atoms with Gasteiger partial charge in [0.05, 0.1) is 24.3 Å². The largest absolute Gasteiger partial charge is 0.484 e. The zero-order valence-electron chi connectivity index (χ0n) is 17.7. The van der Waals surface area contributed by atoms with Gasteiger partial charge in [-0.3, -0.25) is 4.79 Å². The monoisotopic (exact) mass is 413 g/mol. The zero-order valence-corrected chi connectivity index (χ0v) is 17.7. The highest BCUT2D eigenvalue weighted by Gasteiger charge is 2.16. The highest BCUT2D eigenvalue weighted by molar-refractivity contribution is 5.96. The van der Waals surface area contributed by atoms with Gasteiger partial charge in [0.25, 0.3) is 5.91 Å². The van der Waals surface area contributed by atoms with Gasteiger partial charge in [-0.25, -0.2) is 9.59 Å². The first-order valence-corrected chi connectivity index (χ1v) is 9.86. The van der Waals surface area contributed by atoms with Crippen molar-refractivity contribution in [2.24, 2.45) is 0 Å². The van der Waals surface area contributed by atoms with Crippen LogP contribution in [0.1, 0.15) is 59.9 Å². The van der Waals surface area contributed by atoms with Crippen LogP contribution < -0.4 is 10.1 Å². The van der Waals surface area contributed by atoms with Gasteiger partial charge in [-0.2, -0.15) is 0 Å². The third-order valence-corrected chi connectivity index (χ3v) is 4.16. The number of rotatable bonds is 9. The van der Waals surface area contributed by atoms with Crippen LogP contribution in [0.5, 0.6) is 5.75 Å². The zero-order chi connectivity index (χ0) is 22.1. The van der Waals surface area contributed by atoms with Crippen LogP contribution in [0, 0.1) is 0 Å². The van der Waals surface area contributed by atoms with Gasteiger partial charge in [0, 0.05) is 5.69 Å². The summed E-state index contributed by atoms with van der Waals surface area (Å²) >= 11 is 0. The van der Waals surface area contributed by atoms with Gasteiger partial charge in [-0.15, -0.1) is 0 Å². The van der Waals surface area contributed by atoms with Crippen LogP contribution in [0.4, 0.5) is 5.69 Å². The standard InChI is InChI=1S/C23H27NO6/c1-5-28-22(26)17-11-18(23(27)29-6-2)13-20(12-17)30-14-21(25)24-19-9-7-16(8-10-19)15(3)4/h7-13,15H,5-6,14H2,1-4H3,(H,24,25). The summed E-state index contributed by atoms with van der Waals surface area (Å²) in [5.41, 5.74) is 2.11. The number of carbonyl (C=O) groups excluding carboxylic acids is 3. The van der Waals surface area contributed by atoms with E-state index in [1.165, 1.54) is 23.8 Å². The van der Waals surface area contributed by atoms with Crippen molar-refractivity contribution in [3.63, 3.8) is 0 Å². The second-order valence-electron chi connectivity index (χ2n) is 6.80. The minimum atomic E-state index is -0.594. The quantitative estimate of drug-likeness (QED) is 0.620. The predicted octanol–water partition coefficient (Wildman–Crippen LogP) is 4.18. The molecule has 160 valence electrons. The average molecular weight is 413 g/mol. The molecule has 0 aromatic heterocycles. The highest BCUT2D eigenvalue weighted by atomic mass is 16.5. The summed E-state index contributed by atoms with van der Waals surface area (Å²) in [6.07, 6.45) is 0. The van der Waals surface area contributed by atoms with E-state index < -0.39 is 11.9 Å². The fraction of sp³-hybridized carbons (Fsp3) is 0.348. The van der Waals surface area contributed by atoms with Crippen molar-refractivity contribution in [2.75, 3.05) is 25.1 Å². The molecule has 7 nitrogen and oxygen atoms in total. The van der Waals surface area contributed by atoms with E-state index in [1.54, 1.807) is 13.8 Å². The number of hydrogen-bond donors (Lipinski definition) is 1. The van der Waals surface area contributed by atoms with Crippen molar-refractivity contribution < 1.29 is 28.6 Å². The molecule has 0 aliphatic rings. The Morgan fingerprint density at radius 2 is 1.40 bits per heavy atom. The minimum absolute atomic E-state index is 0.141. The molecule has 2 rings (SSSR count). The fourth-order valence-electron chi connectivity index (χ4n) is 2.64. The van der Waals surface area contributed by atoms with Gasteiger partial charge in [0.1, 0.15) is 5.75 Å². The second kappa shape index (κ2) is 11.0. The molecule has 0 unspecified atom stereocenters. The third-order valence-electron chi connectivity index (χ3n) is 4.16. The third kappa shape index (κ3) is 6.62. The Morgan fingerprint density at radius 1 is 0.867 bits per heavy atom. The molecule has 0 heterocycles. The predicted molar refractivity (Wildman–Crippen MR) is 113 cm³/mol. The average Bonchev–Trinajstić information content (AvgIpc) is 2.73. The molecule has 0 radical (unpaired) electrons. The van der Waals surface area contributed by atoms with Crippen molar-refractivity contribution in [3.8, 4) is 5.75 Å². The lowest BCUT2D eigenvalue weighted by atomic mass is 10.0. The summed E-state index contributed by atoms with van der Waals surface area (Å²) in [6, 6.07) is 11.8. The number of ether oxygens (including phenoxy) is 3. The molecule has 0 aliphatic heterocycles. The van der Waals surface area contributed by atoms with Crippen molar-refractivity contribution in [3.05, 3.63) is 59.2 Å². The lowest BCUT2D eigenvalue weighted by Crippen LogP contribution is -2.20. The summed E-state index contributed by atoms with van der Waals surface area (Å²) in [4.78, 5) is 36.4. The number of carbonyl (C=O) groups is 3. The summed E-state index contributed by atoms with van der Waals surface area (Å²) in [5.74, 6) is -0.967. The maximum atomic E-state index is 12.2. The van der Waals surface area contributed by atoms with E-state index >= 15 is 0 Å². The van der Waals surface area contributed by atoms with Crippen molar-refractivity contribution in [1.29, 1.82) is 0 Å². The van der Waals surface area contributed by atoms with E-state index in [-0.39, 0.29) is 42.6 Å². The van der Waals surface area contributed by atoms with Crippen molar-refractivity contribution in [1.82, 2.24) is 0 Å². The first kappa shape index (κ1) is 22.9. The highest BCUT2D eigenvalue weighted by Crippen LogP contribution is 2.20. The lowest BCUT2D eigenvalue weighted by molar-refractivity contribution is -0.118. The van der Waals surface area contributed by atoms with Gasteiger partial charge in [0.15, 0.2) is 6.61 Å². The summed E-state index contributed by atoms with van der Waals surface area (Å²) in [7, 11) is 0. The molecule has 30 heavy (non-hydrogen) atoms. The van der Waals surface area contributed by atoms with E-state index in [1.807, 2.05) is 24.3 Å². The normalized spacial score (nSPS) is 10.4. The number of amides is 1.